The van der Waals surface area contributed by atoms with E-state index in [2.05, 4.69) is 5.10 Å². The number of carboxylic acid groups (broad SMARTS) is 1. The van der Waals surface area contributed by atoms with Gasteiger partial charge in [-0.3, -0.25) is 0 Å². The first-order valence-electron chi connectivity index (χ1n) is 9.89. The molecule has 0 aliphatic rings. The molecule has 0 amide bonds. The molecule has 4 rings (SSSR count). The molecule has 0 fully saturated rings. The van der Waals surface area contributed by atoms with E-state index in [1.54, 1.807) is 6.07 Å². The number of aromatic nitrogens is 3. The standard InChI is InChI=1S/C24H21N3O4S/c1-17-13-21(11-12-22(17)31-14-23(28)29)32-16-27-24(30)26(15-25-27)20-9-7-19(8-10-20)18-5-3-2-4-6-18/h2-13,15H,14,16H2,1H3,(H,28,29). The first-order valence-corrected chi connectivity index (χ1v) is 10.9. The second kappa shape index (κ2) is 9.57. The Labute approximate surface area is 188 Å². The number of ether oxygens (including phenoxy) is 1. The average molecular weight is 448 g/mol. The van der Waals surface area contributed by atoms with Crippen LogP contribution >= 0.6 is 11.8 Å². The first kappa shape index (κ1) is 21.5. The molecule has 0 atom stereocenters. The Morgan fingerprint density at radius 1 is 1.03 bits per heavy atom. The van der Waals surface area contributed by atoms with Crippen LogP contribution in [0.5, 0.6) is 5.75 Å². The molecule has 8 heteroatoms. The average Bonchev–Trinajstić information content (AvgIpc) is 3.18. The topological polar surface area (TPSA) is 86.4 Å². The summed E-state index contributed by atoms with van der Waals surface area (Å²) >= 11 is 1.46. The minimum Gasteiger partial charge on any atom is -0.482 e. The van der Waals surface area contributed by atoms with Gasteiger partial charge in [-0.25, -0.2) is 18.8 Å². The van der Waals surface area contributed by atoms with Crippen LogP contribution in [0.25, 0.3) is 16.8 Å². The summed E-state index contributed by atoms with van der Waals surface area (Å²) < 4.78 is 8.16. The number of carbonyl (C=O) groups is 1. The molecule has 0 unspecified atom stereocenters. The lowest BCUT2D eigenvalue weighted by Gasteiger charge is -2.09. The Hall–Kier alpha value is -3.78. The van der Waals surface area contributed by atoms with Gasteiger partial charge in [-0.1, -0.05) is 42.5 Å². The highest BCUT2D eigenvalue weighted by Gasteiger charge is 2.09. The van der Waals surface area contributed by atoms with Gasteiger partial charge in [0.05, 0.1) is 11.6 Å². The fourth-order valence-corrected chi connectivity index (χ4v) is 4.07. The van der Waals surface area contributed by atoms with E-state index in [1.807, 2.05) is 73.7 Å². The summed E-state index contributed by atoms with van der Waals surface area (Å²) in [5.74, 6) is -0.146. The van der Waals surface area contributed by atoms with Crippen LogP contribution in [-0.4, -0.2) is 32.0 Å². The van der Waals surface area contributed by atoms with Crippen molar-refractivity contribution in [3.63, 3.8) is 0 Å². The van der Waals surface area contributed by atoms with Gasteiger partial charge in [0.25, 0.3) is 0 Å². The molecule has 0 aliphatic carbocycles. The molecule has 3 aromatic carbocycles. The number of benzene rings is 3. The molecule has 32 heavy (non-hydrogen) atoms. The Kier molecular flexibility index (Phi) is 6.42. The van der Waals surface area contributed by atoms with Crippen molar-refractivity contribution in [3.05, 3.63) is 95.2 Å². The smallest absolute Gasteiger partial charge is 0.351 e. The summed E-state index contributed by atoms with van der Waals surface area (Å²) in [5, 5.41) is 13.0. The fraction of sp³-hybridized carbons (Fsp3) is 0.125. The molecule has 162 valence electrons. The number of hydrogen-bond donors (Lipinski definition) is 1. The van der Waals surface area contributed by atoms with E-state index in [1.165, 1.54) is 27.3 Å². The molecule has 7 nitrogen and oxygen atoms in total. The van der Waals surface area contributed by atoms with Gasteiger partial charge in [0.1, 0.15) is 12.1 Å². The third-order valence-electron chi connectivity index (χ3n) is 4.84. The number of thioether (sulfide) groups is 1. The molecule has 1 N–H and O–H groups in total. The van der Waals surface area contributed by atoms with Crippen LogP contribution in [0.1, 0.15) is 5.56 Å². The van der Waals surface area contributed by atoms with Crippen LogP contribution < -0.4 is 10.4 Å². The highest BCUT2D eigenvalue weighted by Crippen LogP contribution is 2.26. The van der Waals surface area contributed by atoms with Crippen LogP contribution in [0.3, 0.4) is 0 Å². The summed E-state index contributed by atoms with van der Waals surface area (Å²) in [7, 11) is 0. The zero-order chi connectivity index (χ0) is 22.5. The van der Waals surface area contributed by atoms with Gasteiger partial charge in [-0.2, -0.15) is 5.10 Å². The Morgan fingerprint density at radius 3 is 2.44 bits per heavy atom. The Bertz CT molecular complexity index is 1280. The highest BCUT2D eigenvalue weighted by molar-refractivity contribution is 7.98. The number of rotatable bonds is 8. The SMILES string of the molecule is Cc1cc(SCn2ncn(-c3ccc(-c4ccccc4)cc3)c2=O)ccc1OCC(=O)O. The van der Waals surface area contributed by atoms with Gasteiger partial charge in [0.15, 0.2) is 6.61 Å². The molecule has 1 aromatic heterocycles. The lowest BCUT2D eigenvalue weighted by atomic mass is 10.1. The van der Waals surface area contributed by atoms with Gasteiger partial charge < -0.3 is 9.84 Å². The predicted molar refractivity (Wildman–Crippen MR) is 123 cm³/mol. The minimum atomic E-state index is -1.02. The van der Waals surface area contributed by atoms with E-state index in [9.17, 15) is 9.59 Å². The molecule has 0 saturated heterocycles. The molecule has 4 aromatic rings. The van der Waals surface area contributed by atoms with Crippen LogP contribution in [0, 0.1) is 6.92 Å². The van der Waals surface area contributed by atoms with Crippen LogP contribution in [-0.2, 0) is 10.7 Å². The van der Waals surface area contributed by atoms with Crippen molar-refractivity contribution < 1.29 is 14.6 Å². The summed E-state index contributed by atoms with van der Waals surface area (Å²) in [5.41, 5.74) is 3.56. The zero-order valence-corrected chi connectivity index (χ0v) is 18.2. The number of nitrogens with zero attached hydrogens (tertiary/aromatic N) is 3. The van der Waals surface area contributed by atoms with Crippen molar-refractivity contribution >= 4 is 17.7 Å². The highest BCUT2D eigenvalue weighted by atomic mass is 32.2. The van der Waals surface area contributed by atoms with E-state index < -0.39 is 5.97 Å². The molecular weight excluding hydrogens is 426 g/mol. The lowest BCUT2D eigenvalue weighted by Crippen LogP contribution is -2.23. The van der Waals surface area contributed by atoms with Gasteiger partial charge in [-0.15, -0.1) is 11.8 Å². The maximum absolute atomic E-state index is 12.8. The Morgan fingerprint density at radius 2 is 1.75 bits per heavy atom. The third kappa shape index (κ3) is 4.92. The number of carboxylic acids is 1. The normalized spacial score (nSPS) is 10.8. The van der Waals surface area contributed by atoms with Gasteiger partial charge in [0.2, 0.25) is 0 Å². The summed E-state index contributed by atoms with van der Waals surface area (Å²) in [6.07, 6.45) is 1.52. The van der Waals surface area contributed by atoms with Crippen molar-refractivity contribution in [3.8, 4) is 22.6 Å². The van der Waals surface area contributed by atoms with Crippen LogP contribution in [0.4, 0.5) is 0 Å². The second-order valence-electron chi connectivity index (χ2n) is 7.08. The molecular formula is C24H21N3O4S. The molecule has 0 bridgehead atoms. The quantitative estimate of drug-likeness (QED) is 0.407. The Balaban J connectivity index is 1.44. The van der Waals surface area contributed by atoms with Crippen molar-refractivity contribution in [2.75, 3.05) is 6.61 Å². The predicted octanol–water partition coefficient (Wildman–Crippen LogP) is 4.22. The van der Waals surface area contributed by atoms with E-state index in [0.717, 1.165) is 27.3 Å². The number of aliphatic carboxylic acids is 1. The largest absolute Gasteiger partial charge is 0.482 e. The maximum atomic E-state index is 12.8. The fourth-order valence-electron chi connectivity index (χ4n) is 3.20. The minimum absolute atomic E-state index is 0.219. The van der Waals surface area contributed by atoms with Gasteiger partial charge >= 0.3 is 11.7 Å². The van der Waals surface area contributed by atoms with Crippen molar-refractivity contribution in [2.24, 2.45) is 0 Å². The number of hydrogen-bond acceptors (Lipinski definition) is 5. The number of aryl methyl sites for hydroxylation is 1. The molecule has 0 radical (unpaired) electrons. The van der Waals surface area contributed by atoms with Crippen molar-refractivity contribution in [1.82, 2.24) is 14.3 Å². The lowest BCUT2D eigenvalue weighted by molar-refractivity contribution is -0.139. The van der Waals surface area contributed by atoms with E-state index in [-0.39, 0.29) is 12.3 Å². The molecule has 0 aliphatic heterocycles. The zero-order valence-electron chi connectivity index (χ0n) is 17.3. The summed E-state index contributed by atoms with van der Waals surface area (Å²) in [4.78, 5) is 24.4. The van der Waals surface area contributed by atoms with Crippen LogP contribution in [0.2, 0.25) is 0 Å². The monoisotopic (exact) mass is 447 g/mol. The van der Waals surface area contributed by atoms with Crippen LogP contribution in [0.15, 0.2) is 88.8 Å². The summed E-state index contributed by atoms with van der Waals surface area (Å²) in [6.45, 7) is 1.47. The van der Waals surface area contributed by atoms with Crippen molar-refractivity contribution in [2.45, 2.75) is 17.7 Å². The van der Waals surface area contributed by atoms with E-state index in [4.69, 9.17) is 9.84 Å². The summed E-state index contributed by atoms with van der Waals surface area (Å²) in [6, 6.07) is 23.3. The molecule has 0 spiro atoms. The maximum Gasteiger partial charge on any atom is 0.351 e. The first-order chi connectivity index (χ1) is 15.5. The molecule has 1 heterocycles. The second-order valence-corrected chi connectivity index (χ2v) is 8.10. The van der Waals surface area contributed by atoms with Crippen molar-refractivity contribution in [1.29, 1.82) is 0 Å². The van der Waals surface area contributed by atoms with Gasteiger partial charge in [0, 0.05) is 4.90 Å². The van der Waals surface area contributed by atoms with Gasteiger partial charge in [-0.05, 0) is 53.9 Å². The molecule has 0 saturated carbocycles. The van der Waals surface area contributed by atoms with E-state index in [0.29, 0.717) is 11.6 Å². The van der Waals surface area contributed by atoms with E-state index >= 15 is 0 Å². The third-order valence-corrected chi connectivity index (χ3v) is 5.80.